The number of hydrogen-bond acceptors (Lipinski definition) is 5. The number of hydrogen-bond donors (Lipinski definition) is 3. The Hall–Kier alpha value is -1.89. The molecule has 168 valence electrons. The second-order valence-corrected chi connectivity index (χ2v) is 9.35. The normalized spacial score (nSPS) is 21.4. The van der Waals surface area contributed by atoms with Gasteiger partial charge in [0.15, 0.2) is 0 Å². The van der Waals surface area contributed by atoms with Crippen molar-refractivity contribution in [3.63, 3.8) is 0 Å². The van der Waals surface area contributed by atoms with Crippen LogP contribution in [0.4, 0.5) is 5.82 Å². The molecular formula is C24H33ClN4O2. The molecule has 2 atom stereocenters. The van der Waals surface area contributed by atoms with Gasteiger partial charge in [0.1, 0.15) is 5.82 Å². The molecule has 0 radical (unpaired) electrons. The predicted octanol–water partition coefficient (Wildman–Crippen LogP) is 3.59. The summed E-state index contributed by atoms with van der Waals surface area (Å²) in [7, 11) is 0. The van der Waals surface area contributed by atoms with E-state index in [0.717, 1.165) is 73.9 Å². The summed E-state index contributed by atoms with van der Waals surface area (Å²) in [5.74, 6) is 0.518. The zero-order valence-electron chi connectivity index (χ0n) is 18.0. The molecule has 1 aromatic carbocycles. The van der Waals surface area contributed by atoms with Crippen molar-refractivity contribution >= 4 is 34.2 Å². The molecule has 4 rings (SSSR count). The number of amides is 1. The molecule has 2 aliphatic rings. The monoisotopic (exact) mass is 444 g/mol. The summed E-state index contributed by atoms with van der Waals surface area (Å²) in [6.45, 7) is 2.59. The van der Waals surface area contributed by atoms with E-state index in [0.29, 0.717) is 17.6 Å². The zero-order chi connectivity index (χ0) is 21.8. The second-order valence-electron chi connectivity index (χ2n) is 8.94. The number of aliphatic hydroxyl groups excluding tert-OH is 1. The van der Waals surface area contributed by atoms with Crippen LogP contribution in [-0.4, -0.2) is 48.3 Å². The zero-order valence-corrected chi connectivity index (χ0v) is 18.8. The number of carbonyl (C=O) groups excluding carboxylic acids is 1. The number of primary amides is 1. The lowest BCUT2D eigenvalue weighted by Gasteiger charge is -2.34. The minimum Gasteiger partial charge on any atom is -0.395 e. The molecule has 31 heavy (non-hydrogen) atoms. The van der Waals surface area contributed by atoms with Crippen LogP contribution in [0.2, 0.25) is 5.02 Å². The van der Waals surface area contributed by atoms with Gasteiger partial charge in [0, 0.05) is 36.1 Å². The number of pyridine rings is 1. The Balaban J connectivity index is 1.65. The van der Waals surface area contributed by atoms with Crippen LogP contribution in [0.5, 0.6) is 0 Å². The van der Waals surface area contributed by atoms with Crippen LogP contribution < -0.4 is 16.0 Å². The first kappa shape index (κ1) is 22.3. The lowest BCUT2D eigenvalue weighted by molar-refractivity contribution is -0.120. The van der Waals surface area contributed by atoms with E-state index in [-0.39, 0.29) is 24.3 Å². The smallest absolute Gasteiger partial charge is 0.225 e. The number of nitrogens with one attached hydrogen (secondary N) is 1. The van der Waals surface area contributed by atoms with E-state index in [1.54, 1.807) is 0 Å². The number of nitrogens with zero attached hydrogens (tertiary/aromatic N) is 2. The van der Waals surface area contributed by atoms with E-state index in [4.69, 9.17) is 27.4 Å². The molecule has 0 spiro atoms. The van der Waals surface area contributed by atoms with Crippen LogP contribution in [0.15, 0.2) is 24.3 Å². The Morgan fingerprint density at radius 2 is 2.00 bits per heavy atom. The fourth-order valence-electron chi connectivity index (χ4n) is 5.38. The van der Waals surface area contributed by atoms with E-state index < -0.39 is 0 Å². The molecular weight excluding hydrogens is 412 g/mol. The molecule has 0 bridgehead atoms. The third kappa shape index (κ3) is 4.97. The molecule has 6 nitrogen and oxygen atoms in total. The van der Waals surface area contributed by atoms with Gasteiger partial charge in [0.05, 0.1) is 18.0 Å². The third-order valence-corrected chi connectivity index (χ3v) is 7.20. The summed E-state index contributed by atoms with van der Waals surface area (Å²) in [5, 5.41) is 14.0. The minimum absolute atomic E-state index is 0.149. The number of benzene rings is 1. The van der Waals surface area contributed by atoms with Gasteiger partial charge in [-0.25, -0.2) is 4.98 Å². The number of rotatable bonds is 7. The summed E-state index contributed by atoms with van der Waals surface area (Å²) in [6, 6.07) is 8.24. The van der Waals surface area contributed by atoms with Gasteiger partial charge >= 0.3 is 0 Å². The minimum atomic E-state index is -0.369. The van der Waals surface area contributed by atoms with Crippen LogP contribution in [-0.2, 0) is 4.79 Å². The first-order chi connectivity index (χ1) is 15.1. The number of piperidine rings is 1. The average molecular weight is 445 g/mol. The second kappa shape index (κ2) is 10.2. The molecule has 4 N–H and O–H groups in total. The Morgan fingerprint density at radius 3 is 2.74 bits per heavy atom. The van der Waals surface area contributed by atoms with Gasteiger partial charge in [0.25, 0.3) is 0 Å². The van der Waals surface area contributed by atoms with Crippen LogP contribution in [0.25, 0.3) is 10.9 Å². The van der Waals surface area contributed by atoms with Crippen LogP contribution in [0.3, 0.4) is 0 Å². The van der Waals surface area contributed by atoms with Gasteiger partial charge in [-0.05, 0) is 61.4 Å². The molecule has 1 amide bonds. The van der Waals surface area contributed by atoms with Crippen LogP contribution >= 0.6 is 11.6 Å². The molecule has 2 heterocycles. The number of fused-ring (bicyclic) bond motifs is 1. The van der Waals surface area contributed by atoms with Crippen molar-refractivity contribution < 1.29 is 9.90 Å². The Morgan fingerprint density at radius 1 is 1.19 bits per heavy atom. The van der Waals surface area contributed by atoms with Crippen LogP contribution in [0.1, 0.15) is 56.4 Å². The topological polar surface area (TPSA) is 91.5 Å². The van der Waals surface area contributed by atoms with Gasteiger partial charge in [-0.15, -0.1) is 0 Å². The van der Waals surface area contributed by atoms with Gasteiger partial charge in [-0.1, -0.05) is 30.9 Å². The highest BCUT2D eigenvalue weighted by atomic mass is 35.5. The summed E-state index contributed by atoms with van der Waals surface area (Å²) >= 11 is 6.64. The number of aromatic nitrogens is 1. The van der Waals surface area contributed by atoms with Crippen LogP contribution in [0, 0.1) is 5.92 Å². The molecule has 2 fully saturated rings. The quantitative estimate of drug-likeness (QED) is 0.607. The SMILES string of the molecule is NC(=O)C(c1c(Cl)ccc2nc(N3CCCC(NCCO)C3)ccc12)C1CCCCC1. The number of halogens is 1. The third-order valence-electron chi connectivity index (χ3n) is 6.87. The number of aliphatic hydroxyl groups is 1. The standard InChI is InChI=1S/C24H33ClN4O2/c25-19-9-10-20-18(23(19)22(24(26)31)16-5-2-1-3-6-16)8-11-21(28-20)29-13-4-7-17(15-29)27-12-14-30/h8-11,16-17,22,27,30H,1-7,12-15H2,(H2,26,31). The molecule has 1 aliphatic heterocycles. The first-order valence-corrected chi connectivity index (χ1v) is 11.9. The lowest BCUT2D eigenvalue weighted by atomic mass is 9.75. The fourth-order valence-corrected chi connectivity index (χ4v) is 5.66. The predicted molar refractivity (Wildman–Crippen MR) is 126 cm³/mol. The maximum absolute atomic E-state index is 12.5. The van der Waals surface area contributed by atoms with Crippen molar-refractivity contribution in [1.29, 1.82) is 0 Å². The van der Waals surface area contributed by atoms with E-state index in [1.807, 2.05) is 18.2 Å². The molecule has 1 aromatic heterocycles. The largest absolute Gasteiger partial charge is 0.395 e. The number of nitrogens with two attached hydrogens (primary N) is 1. The summed E-state index contributed by atoms with van der Waals surface area (Å²) in [6.07, 6.45) is 7.72. The van der Waals surface area contributed by atoms with E-state index in [1.165, 1.54) is 6.42 Å². The Kier molecular flexibility index (Phi) is 7.31. The number of anilines is 1. The van der Waals surface area contributed by atoms with Crippen molar-refractivity contribution in [1.82, 2.24) is 10.3 Å². The Bertz CT molecular complexity index is 916. The van der Waals surface area contributed by atoms with Gasteiger partial charge in [-0.3, -0.25) is 4.79 Å². The van der Waals surface area contributed by atoms with Gasteiger partial charge in [0.2, 0.25) is 5.91 Å². The molecule has 7 heteroatoms. The number of carbonyl (C=O) groups is 1. The molecule has 1 saturated carbocycles. The average Bonchev–Trinajstić information content (AvgIpc) is 2.80. The van der Waals surface area contributed by atoms with E-state index in [2.05, 4.69) is 16.3 Å². The van der Waals surface area contributed by atoms with Crippen molar-refractivity contribution in [3.8, 4) is 0 Å². The highest BCUT2D eigenvalue weighted by molar-refractivity contribution is 6.32. The van der Waals surface area contributed by atoms with Gasteiger partial charge < -0.3 is 21.1 Å². The maximum atomic E-state index is 12.5. The van der Waals surface area contributed by atoms with Crippen molar-refractivity contribution in [2.45, 2.75) is 56.9 Å². The van der Waals surface area contributed by atoms with E-state index >= 15 is 0 Å². The lowest BCUT2D eigenvalue weighted by Crippen LogP contribution is -2.46. The first-order valence-electron chi connectivity index (χ1n) is 11.6. The highest BCUT2D eigenvalue weighted by Gasteiger charge is 2.32. The summed E-state index contributed by atoms with van der Waals surface area (Å²) < 4.78 is 0. The summed E-state index contributed by atoms with van der Waals surface area (Å²) in [4.78, 5) is 19.8. The summed E-state index contributed by atoms with van der Waals surface area (Å²) in [5.41, 5.74) is 7.61. The Labute approximate surface area is 189 Å². The molecule has 2 unspecified atom stereocenters. The van der Waals surface area contributed by atoms with Gasteiger partial charge in [-0.2, -0.15) is 0 Å². The fraction of sp³-hybridized carbons (Fsp3) is 0.583. The maximum Gasteiger partial charge on any atom is 0.225 e. The van der Waals surface area contributed by atoms with Crippen molar-refractivity contribution in [2.24, 2.45) is 11.7 Å². The van der Waals surface area contributed by atoms with Crippen molar-refractivity contribution in [3.05, 3.63) is 34.9 Å². The highest BCUT2D eigenvalue weighted by Crippen LogP contribution is 2.41. The van der Waals surface area contributed by atoms with Crippen molar-refractivity contribution in [2.75, 3.05) is 31.1 Å². The molecule has 1 saturated heterocycles. The molecule has 1 aliphatic carbocycles. The van der Waals surface area contributed by atoms with E-state index in [9.17, 15) is 4.79 Å². The molecule has 2 aromatic rings.